The van der Waals surface area contributed by atoms with Crippen molar-refractivity contribution in [2.75, 3.05) is 5.32 Å². The molecule has 0 fully saturated rings. The molecule has 116 valence electrons. The molecule has 1 aromatic carbocycles. The number of benzene rings is 1. The number of hydrogen-bond acceptors (Lipinski definition) is 2. The second kappa shape index (κ2) is 6.69. The molecule has 1 aliphatic carbocycles. The van der Waals surface area contributed by atoms with Gasteiger partial charge in [-0.3, -0.25) is 0 Å². The highest BCUT2D eigenvalue weighted by atomic mass is 16.3. The van der Waals surface area contributed by atoms with E-state index in [0.29, 0.717) is 0 Å². The van der Waals surface area contributed by atoms with Crippen molar-refractivity contribution >= 4 is 11.7 Å². The topological polar surface area (TPSA) is 54.3 Å². The van der Waals surface area contributed by atoms with Crippen LogP contribution in [0.15, 0.2) is 41.0 Å². The normalized spacial score (nSPS) is 16.9. The molecule has 0 saturated carbocycles. The highest BCUT2D eigenvalue weighted by Crippen LogP contribution is 2.30. The van der Waals surface area contributed by atoms with E-state index in [2.05, 4.69) is 29.7 Å². The predicted octanol–water partition coefficient (Wildman–Crippen LogP) is 4.43. The van der Waals surface area contributed by atoms with Crippen molar-refractivity contribution in [3.63, 3.8) is 0 Å². The van der Waals surface area contributed by atoms with Gasteiger partial charge in [0.2, 0.25) is 0 Å². The summed E-state index contributed by atoms with van der Waals surface area (Å²) < 4.78 is 5.45. The van der Waals surface area contributed by atoms with Crippen molar-refractivity contribution in [2.45, 2.75) is 45.1 Å². The molecule has 0 aliphatic heterocycles. The summed E-state index contributed by atoms with van der Waals surface area (Å²) in [5.74, 6) is 1.00. The molecule has 0 spiro atoms. The Morgan fingerprint density at radius 1 is 1.27 bits per heavy atom. The second-order valence-corrected chi connectivity index (χ2v) is 5.79. The largest absolute Gasteiger partial charge is 0.469 e. The quantitative estimate of drug-likeness (QED) is 0.877. The van der Waals surface area contributed by atoms with E-state index in [9.17, 15) is 4.79 Å². The zero-order chi connectivity index (χ0) is 15.4. The summed E-state index contributed by atoms with van der Waals surface area (Å²) in [5, 5.41) is 5.94. The number of anilines is 1. The highest BCUT2D eigenvalue weighted by Gasteiger charge is 2.23. The molecule has 2 aromatic rings. The Morgan fingerprint density at radius 2 is 2.09 bits per heavy atom. The van der Waals surface area contributed by atoms with Gasteiger partial charge >= 0.3 is 6.03 Å². The Kier molecular flexibility index (Phi) is 4.47. The summed E-state index contributed by atoms with van der Waals surface area (Å²) in [5.41, 5.74) is 3.23. The average Bonchev–Trinajstić information content (AvgIpc) is 2.99. The summed E-state index contributed by atoms with van der Waals surface area (Å²) >= 11 is 0. The van der Waals surface area contributed by atoms with Crippen molar-refractivity contribution in [3.8, 4) is 0 Å². The fourth-order valence-corrected chi connectivity index (χ4v) is 3.01. The molecule has 1 atom stereocenters. The van der Waals surface area contributed by atoms with Crippen molar-refractivity contribution in [2.24, 2.45) is 0 Å². The predicted molar refractivity (Wildman–Crippen MR) is 87.0 cm³/mol. The number of carbonyl (C=O) groups is 1. The van der Waals surface area contributed by atoms with Crippen LogP contribution in [-0.2, 0) is 12.8 Å². The molecule has 2 N–H and O–H groups in total. The van der Waals surface area contributed by atoms with Crippen LogP contribution in [0.5, 0.6) is 0 Å². The molecule has 1 heterocycles. The van der Waals surface area contributed by atoms with Crippen molar-refractivity contribution in [1.29, 1.82) is 0 Å². The Hall–Kier alpha value is -2.23. The molecule has 0 saturated heterocycles. The van der Waals surface area contributed by atoms with Gasteiger partial charge in [-0.2, -0.15) is 0 Å². The first-order valence-electron chi connectivity index (χ1n) is 7.99. The van der Waals surface area contributed by atoms with Crippen molar-refractivity contribution in [1.82, 2.24) is 5.32 Å². The van der Waals surface area contributed by atoms with E-state index in [1.165, 1.54) is 5.56 Å². The molecule has 4 nitrogen and oxygen atoms in total. The maximum atomic E-state index is 12.2. The van der Waals surface area contributed by atoms with Gasteiger partial charge in [0.15, 0.2) is 0 Å². The van der Waals surface area contributed by atoms with E-state index >= 15 is 0 Å². The lowest BCUT2D eigenvalue weighted by molar-refractivity contribution is 0.246. The van der Waals surface area contributed by atoms with Crippen LogP contribution >= 0.6 is 0 Å². The number of furan rings is 1. The molecule has 0 bridgehead atoms. The van der Waals surface area contributed by atoms with Gasteiger partial charge in [-0.25, -0.2) is 4.79 Å². The van der Waals surface area contributed by atoms with E-state index in [1.54, 1.807) is 6.26 Å². The third kappa shape index (κ3) is 3.32. The monoisotopic (exact) mass is 298 g/mol. The molecule has 1 aliphatic rings. The number of rotatable bonds is 4. The van der Waals surface area contributed by atoms with E-state index in [1.807, 2.05) is 18.2 Å². The minimum absolute atomic E-state index is 0.0434. The minimum atomic E-state index is -0.165. The van der Waals surface area contributed by atoms with Crippen LogP contribution in [0.25, 0.3) is 0 Å². The number of fused-ring (bicyclic) bond motifs is 1. The minimum Gasteiger partial charge on any atom is -0.469 e. The zero-order valence-corrected chi connectivity index (χ0v) is 12.9. The Balaban J connectivity index is 1.59. The van der Waals surface area contributed by atoms with Gasteiger partial charge in [0.25, 0.3) is 0 Å². The Morgan fingerprint density at radius 3 is 2.86 bits per heavy atom. The van der Waals surface area contributed by atoms with Gasteiger partial charge in [-0.05, 0) is 43.0 Å². The zero-order valence-electron chi connectivity index (χ0n) is 12.9. The SMILES string of the molecule is CCCc1ccc(NC(=O)NC2CCCc3occc32)cc1. The number of aryl methyl sites for hydroxylation is 2. The first-order chi connectivity index (χ1) is 10.8. The van der Waals surface area contributed by atoms with Crippen LogP contribution in [0.2, 0.25) is 0 Å². The molecule has 4 heteroatoms. The lowest BCUT2D eigenvalue weighted by Gasteiger charge is -2.22. The maximum Gasteiger partial charge on any atom is 0.319 e. The molecule has 0 radical (unpaired) electrons. The molecule has 1 aromatic heterocycles. The van der Waals surface area contributed by atoms with Crippen molar-refractivity contribution < 1.29 is 9.21 Å². The number of amides is 2. The number of hydrogen-bond donors (Lipinski definition) is 2. The second-order valence-electron chi connectivity index (χ2n) is 5.79. The summed E-state index contributed by atoms with van der Waals surface area (Å²) in [6.07, 6.45) is 6.85. The summed E-state index contributed by atoms with van der Waals surface area (Å²) in [7, 11) is 0. The summed E-state index contributed by atoms with van der Waals surface area (Å²) in [4.78, 5) is 12.2. The highest BCUT2D eigenvalue weighted by molar-refractivity contribution is 5.89. The fraction of sp³-hybridized carbons (Fsp3) is 0.389. The van der Waals surface area contributed by atoms with Gasteiger partial charge < -0.3 is 15.1 Å². The van der Waals surface area contributed by atoms with Gasteiger partial charge in [-0.15, -0.1) is 0 Å². The van der Waals surface area contributed by atoms with Gasteiger partial charge in [-0.1, -0.05) is 25.5 Å². The standard InChI is InChI=1S/C18H22N2O2/c1-2-4-13-7-9-14(10-8-13)19-18(21)20-16-5-3-6-17-15(16)11-12-22-17/h7-12,16H,2-6H2,1H3,(H2,19,20,21). The van der Waals surface area contributed by atoms with Crippen LogP contribution < -0.4 is 10.6 Å². The number of carbonyl (C=O) groups excluding carboxylic acids is 1. The molecule has 1 unspecified atom stereocenters. The van der Waals surface area contributed by atoms with Crippen LogP contribution in [0.3, 0.4) is 0 Å². The summed E-state index contributed by atoms with van der Waals surface area (Å²) in [6.45, 7) is 2.16. The van der Waals surface area contributed by atoms with Crippen LogP contribution in [0.4, 0.5) is 10.5 Å². The molecular weight excluding hydrogens is 276 g/mol. The van der Waals surface area contributed by atoms with Crippen LogP contribution in [0.1, 0.15) is 49.1 Å². The third-order valence-corrected chi connectivity index (χ3v) is 4.11. The maximum absolute atomic E-state index is 12.2. The molecule has 2 amide bonds. The molecular formula is C18H22N2O2. The fourth-order valence-electron chi connectivity index (χ4n) is 3.01. The lowest BCUT2D eigenvalue weighted by Crippen LogP contribution is -2.34. The average molecular weight is 298 g/mol. The van der Waals surface area contributed by atoms with Crippen LogP contribution in [-0.4, -0.2) is 6.03 Å². The van der Waals surface area contributed by atoms with E-state index in [4.69, 9.17) is 4.42 Å². The van der Waals surface area contributed by atoms with E-state index < -0.39 is 0 Å². The Labute approximate surface area is 130 Å². The van der Waals surface area contributed by atoms with Crippen LogP contribution in [0, 0.1) is 0 Å². The number of urea groups is 1. The first-order valence-corrected chi connectivity index (χ1v) is 7.99. The van der Waals surface area contributed by atoms with E-state index in [-0.39, 0.29) is 12.1 Å². The van der Waals surface area contributed by atoms with Gasteiger partial charge in [0, 0.05) is 17.7 Å². The smallest absolute Gasteiger partial charge is 0.319 e. The van der Waals surface area contributed by atoms with Gasteiger partial charge in [0.05, 0.1) is 12.3 Å². The Bertz CT molecular complexity index is 631. The lowest BCUT2D eigenvalue weighted by atomic mass is 9.93. The molecule has 3 rings (SSSR count). The first kappa shape index (κ1) is 14.7. The van der Waals surface area contributed by atoms with E-state index in [0.717, 1.165) is 49.1 Å². The third-order valence-electron chi connectivity index (χ3n) is 4.11. The summed E-state index contributed by atoms with van der Waals surface area (Å²) in [6, 6.07) is 9.87. The van der Waals surface area contributed by atoms with Crippen molar-refractivity contribution in [3.05, 3.63) is 53.5 Å². The number of nitrogens with one attached hydrogen (secondary N) is 2. The van der Waals surface area contributed by atoms with Gasteiger partial charge in [0.1, 0.15) is 5.76 Å². The molecule has 22 heavy (non-hydrogen) atoms.